The molecule has 11 heavy (non-hydrogen) atoms. The molecule has 1 nitrogen and oxygen atoms in total. The van der Waals surface area contributed by atoms with E-state index in [1.54, 1.807) is 0 Å². The minimum absolute atomic E-state index is 0.382. The van der Waals surface area contributed by atoms with Gasteiger partial charge in [0.15, 0.2) is 5.78 Å². The number of rotatable bonds is 0. The van der Waals surface area contributed by atoms with E-state index in [0.29, 0.717) is 5.78 Å². The van der Waals surface area contributed by atoms with Crippen molar-refractivity contribution in [3.8, 4) is 0 Å². The van der Waals surface area contributed by atoms with Gasteiger partial charge >= 0.3 is 0 Å². The van der Waals surface area contributed by atoms with Crippen LogP contribution >= 0.6 is 0 Å². The minimum atomic E-state index is 0.382. The van der Waals surface area contributed by atoms with Gasteiger partial charge in [-0.3, -0.25) is 4.79 Å². The van der Waals surface area contributed by atoms with Crippen molar-refractivity contribution in [3.63, 3.8) is 0 Å². The lowest BCUT2D eigenvalue weighted by atomic mass is 9.95. The highest BCUT2D eigenvalue weighted by Gasteiger charge is 2.10. The first-order chi connectivity index (χ1) is 5.34. The fourth-order valence-electron chi connectivity index (χ4n) is 1.56. The Morgan fingerprint density at radius 1 is 1.09 bits per heavy atom. The third-order valence-electron chi connectivity index (χ3n) is 2.31. The van der Waals surface area contributed by atoms with Crippen LogP contribution in [0.4, 0.5) is 0 Å². The van der Waals surface area contributed by atoms with Crippen LogP contribution in [0.25, 0.3) is 0 Å². The molecular formula is C10H16O. The van der Waals surface area contributed by atoms with Gasteiger partial charge in [-0.25, -0.2) is 0 Å². The van der Waals surface area contributed by atoms with Crippen molar-refractivity contribution >= 4 is 5.78 Å². The molecule has 0 aromatic rings. The molecular weight excluding hydrogens is 136 g/mol. The minimum Gasteiger partial charge on any atom is -0.295 e. The number of carbonyl (C=O) groups is 1. The van der Waals surface area contributed by atoms with E-state index in [4.69, 9.17) is 0 Å². The lowest BCUT2D eigenvalue weighted by molar-refractivity contribution is -0.116. The van der Waals surface area contributed by atoms with Crippen molar-refractivity contribution in [2.45, 2.75) is 45.4 Å². The molecule has 0 heterocycles. The molecule has 1 fully saturated rings. The molecule has 0 aliphatic heterocycles. The maximum absolute atomic E-state index is 11.3. The van der Waals surface area contributed by atoms with Crippen molar-refractivity contribution in [2.24, 2.45) is 0 Å². The molecule has 0 N–H and O–H groups in total. The Labute approximate surface area is 68.5 Å². The smallest absolute Gasteiger partial charge is 0.158 e. The third-order valence-corrected chi connectivity index (χ3v) is 2.31. The maximum atomic E-state index is 11.3. The molecule has 0 saturated heterocycles. The largest absolute Gasteiger partial charge is 0.295 e. The fourth-order valence-corrected chi connectivity index (χ4v) is 1.56. The fraction of sp³-hybridized carbons (Fsp3) is 0.700. The topological polar surface area (TPSA) is 17.1 Å². The highest BCUT2D eigenvalue weighted by molar-refractivity contribution is 5.95. The molecule has 1 saturated carbocycles. The zero-order chi connectivity index (χ0) is 8.10. The second kappa shape index (κ2) is 4.32. The van der Waals surface area contributed by atoms with Crippen molar-refractivity contribution in [3.05, 3.63) is 11.6 Å². The highest BCUT2D eigenvalue weighted by Crippen LogP contribution is 2.18. The van der Waals surface area contributed by atoms with Crippen molar-refractivity contribution in [1.29, 1.82) is 0 Å². The van der Waals surface area contributed by atoms with Crippen molar-refractivity contribution < 1.29 is 4.79 Å². The van der Waals surface area contributed by atoms with Crippen LogP contribution in [0.15, 0.2) is 11.6 Å². The summed E-state index contributed by atoms with van der Waals surface area (Å²) in [5.41, 5.74) is 1.06. The van der Waals surface area contributed by atoms with E-state index >= 15 is 0 Å². The number of carbonyl (C=O) groups excluding carboxylic acids is 1. The van der Waals surface area contributed by atoms with Crippen molar-refractivity contribution in [1.82, 2.24) is 0 Å². The molecule has 1 aliphatic rings. The molecule has 0 aromatic heterocycles. The van der Waals surface area contributed by atoms with Gasteiger partial charge in [-0.05, 0) is 31.8 Å². The summed E-state index contributed by atoms with van der Waals surface area (Å²) in [6.07, 6.45) is 8.59. The number of hydrogen-bond donors (Lipinski definition) is 0. The van der Waals surface area contributed by atoms with Gasteiger partial charge in [-0.15, -0.1) is 0 Å². The lowest BCUT2D eigenvalue weighted by Crippen LogP contribution is -2.05. The first-order valence-corrected chi connectivity index (χ1v) is 4.53. The molecule has 1 heteroatoms. The quantitative estimate of drug-likeness (QED) is 0.488. The molecule has 1 aliphatic carbocycles. The summed E-state index contributed by atoms with van der Waals surface area (Å²) in [6.45, 7) is 1.97. The summed E-state index contributed by atoms with van der Waals surface area (Å²) < 4.78 is 0. The van der Waals surface area contributed by atoms with Gasteiger partial charge in [-0.1, -0.05) is 18.9 Å². The van der Waals surface area contributed by atoms with E-state index in [0.717, 1.165) is 24.8 Å². The zero-order valence-electron chi connectivity index (χ0n) is 7.23. The second-order valence-electron chi connectivity index (χ2n) is 3.15. The van der Waals surface area contributed by atoms with E-state index < -0.39 is 0 Å². The van der Waals surface area contributed by atoms with Gasteiger partial charge in [0.25, 0.3) is 0 Å². The normalized spacial score (nSPS) is 24.8. The summed E-state index contributed by atoms with van der Waals surface area (Å²) >= 11 is 0. The van der Waals surface area contributed by atoms with E-state index in [1.165, 1.54) is 19.3 Å². The van der Waals surface area contributed by atoms with Crippen LogP contribution in [-0.4, -0.2) is 5.78 Å². The Bertz CT molecular complexity index is 168. The monoisotopic (exact) mass is 152 g/mol. The molecule has 62 valence electrons. The van der Waals surface area contributed by atoms with Crippen LogP contribution < -0.4 is 0 Å². The van der Waals surface area contributed by atoms with Crippen LogP contribution in [0.2, 0.25) is 0 Å². The van der Waals surface area contributed by atoms with Crippen LogP contribution in [0.5, 0.6) is 0 Å². The lowest BCUT2D eigenvalue weighted by Gasteiger charge is -2.09. The Morgan fingerprint density at radius 2 is 1.73 bits per heavy atom. The van der Waals surface area contributed by atoms with Crippen LogP contribution in [0, 0.1) is 0 Å². The molecule has 0 unspecified atom stereocenters. The predicted octanol–water partition coefficient (Wildman–Crippen LogP) is 2.86. The van der Waals surface area contributed by atoms with Gasteiger partial charge < -0.3 is 0 Å². The van der Waals surface area contributed by atoms with Crippen LogP contribution in [-0.2, 0) is 4.79 Å². The van der Waals surface area contributed by atoms with Crippen LogP contribution in [0.1, 0.15) is 45.4 Å². The third kappa shape index (κ3) is 2.49. The number of allylic oxidation sites excluding steroid dienone is 2. The first-order valence-electron chi connectivity index (χ1n) is 4.53. The second-order valence-corrected chi connectivity index (χ2v) is 3.15. The summed E-state index contributed by atoms with van der Waals surface area (Å²) in [5.74, 6) is 0.382. The Balaban J connectivity index is 2.53. The van der Waals surface area contributed by atoms with Gasteiger partial charge in [-0.2, -0.15) is 0 Å². The summed E-state index contributed by atoms with van der Waals surface area (Å²) in [6, 6.07) is 0. The highest BCUT2D eigenvalue weighted by atomic mass is 16.1. The van der Waals surface area contributed by atoms with E-state index in [1.807, 2.05) is 13.0 Å². The summed E-state index contributed by atoms with van der Waals surface area (Å²) in [4.78, 5) is 11.3. The molecule has 0 spiro atoms. The average Bonchev–Trinajstić information content (AvgIpc) is 1.98. The Kier molecular flexibility index (Phi) is 3.34. The first kappa shape index (κ1) is 8.51. The molecule has 0 bridgehead atoms. The van der Waals surface area contributed by atoms with Crippen LogP contribution in [0.3, 0.4) is 0 Å². The van der Waals surface area contributed by atoms with Gasteiger partial charge in [0, 0.05) is 6.42 Å². The van der Waals surface area contributed by atoms with Crippen molar-refractivity contribution in [2.75, 3.05) is 0 Å². The van der Waals surface area contributed by atoms with Gasteiger partial charge in [0.05, 0.1) is 0 Å². The Hall–Kier alpha value is -0.590. The van der Waals surface area contributed by atoms with Gasteiger partial charge in [0.2, 0.25) is 0 Å². The maximum Gasteiger partial charge on any atom is 0.158 e. The zero-order valence-corrected chi connectivity index (χ0v) is 7.23. The molecule has 0 amide bonds. The van der Waals surface area contributed by atoms with E-state index in [2.05, 4.69) is 0 Å². The SMILES string of the molecule is C/C=C1/CCCCCCC1=O. The number of ketones is 1. The predicted molar refractivity (Wildman–Crippen MR) is 46.5 cm³/mol. The average molecular weight is 152 g/mol. The number of hydrogen-bond acceptors (Lipinski definition) is 1. The molecule has 0 aromatic carbocycles. The molecule has 0 atom stereocenters. The molecule has 1 rings (SSSR count). The van der Waals surface area contributed by atoms with E-state index in [9.17, 15) is 4.79 Å². The summed E-state index contributed by atoms with van der Waals surface area (Å²) in [5, 5.41) is 0. The molecule has 0 radical (unpaired) electrons. The van der Waals surface area contributed by atoms with E-state index in [-0.39, 0.29) is 0 Å². The summed E-state index contributed by atoms with van der Waals surface area (Å²) in [7, 11) is 0. The Morgan fingerprint density at radius 3 is 2.36 bits per heavy atom. The van der Waals surface area contributed by atoms with Gasteiger partial charge in [0.1, 0.15) is 0 Å². The number of Topliss-reactive ketones (excluding diaryl/α,β-unsaturated/α-hetero) is 1. The standard InChI is InChI=1S/C10H16O/c1-2-9-7-5-3-4-6-8-10(9)11/h2H,3-8H2,1H3/b9-2-.